The van der Waals surface area contributed by atoms with E-state index in [1.54, 1.807) is 12.3 Å². The monoisotopic (exact) mass is 421 g/mol. The SMILES string of the molecule is Nc1c(Cl)cccc1Sc1cnc(N2CCC3(CC2)C[C@@H](O)C[C@H]3N)c(=O)[nH]1. The Kier molecular flexibility index (Phi) is 5.30. The van der Waals surface area contributed by atoms with Gasteiger partial charge in [-0.3, -0.25) is 4.79 Å². The predicted octanol–water partition coefficient (Wildman–Crippen LogP) is 2.23. The van der Waals surface area contributed by atoms with E-state index < -0.39 is 0 Å². The molecule has 1 aliphatic heterocycles. The number of benzene rings is 1. The highest BCUT2D eigenvalue weighted by molar-refractivity contribution is 7.99. The Morgan fingerprint density at radius 3 is 2.75 bits per heavy atom. The number of rotatable bonds is 3. The molecule has 1 aromatic heterocycles. The summed E-state index contributed by atoms with van der Waals surface area (Å²) in [5.74, 6) is 0.422. The van der Waals surface area contributed by atoms with Gasteiger partial charge in [0.25, 0.3) is 5.56 Å². The van der Waals surface area contributed by atoms with Crippen molar-refractivity contribution in [1.29, 1.82) is 0 Å². The van der Waals surface area contributed by atoms with Gasteiger partial charge in [0.15, 0.2) is 5.82 Å². The number of nitrogens with zero attached hydrogens (tertiary/aromatic N) is 2. The topological polar surface area (TPSA) is 121 Å². The smallest absolute Gasteiger partial charge is 0.291 e. The summed E-state index contributed by atoms with van der Waals surface area (Å²) < 4.78 is 0. The van der Waals surface area contributed by atoms with Crippen LogP contribution in [0.3, 0.4) is 0 Å². The lowest BCUT2D eigenvalue weighted by Crippen LogP contribution is -2.48. The van der Waals surface area contributed by atoms with Gasteiger partial charge in [0.05, 0.1) is 28.0 Å². The molecule has 0 unspecified atom stereocenters. The first-order valence-electron chi connectivity index (χ1n) is 9.38. The van der Waals surface area contributed by atoms with Crippen molar-refractivity contribution >= 4 is 34.9 Å². The third kappa shape index (κ3) is 3.61. The summed E-state index contributed by atoms with van der Waals surface area (Å²) in [7, 11) is 0. The Morgan fingerprint density at radius 1 is 1.36 bits per heavy atom. The highest BCUT2D eigenvalue weighted by atomic mass is 35.5. The van der Waals surface area contributed by atoms with Crippen LogP contribution in [0.2, 0.25) is 5.02 Å². The molecule has 2 fully saturated rings. The molecular weight excluding hydrogens is 398 g/mol. The van der Waals surface area contributed by atoms with Gasteiger partial charge in [-0.15, -0.1) is 0 Å². The summed E-state index contributed by atoms with van der Waals surface area (Å²) in [4.78, 5) is 22.7. The van der Waals surface area contributed by atoms with Crippen molar-refractivity contribution in [2.24, 2.45) is 11.1 Å². The second kappa shape index (κ2) is 7.59. The number of piperidine rings is 1. The van der Waals surface area contributed by atoms with E-state index in [2.05, 4.69) is 9.97 Å². The molecule has 1 saturated carbocycles. The number of aliphatic hydroxyl groups excluding tert-OH is 1. The Balaban J connectivity index is 1.47. The van der Waals surface area contributed by atoms with Crippen molar-refractivity contribution in [3.63, 3.8) is 0 Å². The fraction of sp³-hybridized carbons (Fsp3) is 0.474. The first-order valence-corrected chi connectivity index (χ1v) is 10.6. The van der Waals surface area contributed by atoms with Crippen molar-refractivity contribution in [3.05, 3.63) is 39.8 Å². The standard InChI is InChI=1S/C19H24ClN5O2S/c20-12-2-1-3-13(16(12)22)28-15-10-23-17(18(27)24-15)25-6-4-19(5-7-25)9-11(26)8-14(19)21/h1-3,10-11,14,26H,4-9,21-22H2,(H,24,27)/t11-,14+/m0/s1. The summed E-state index contributed by atoms with van der Waals surface area (Å²) in [6, 6.07) is 5.41. The number of hydrogen-bond acceptors (Lipinski definition) is 7. The zero-order chi connectivity index (χ0) is 19.9. The van der Waals surface area contributed by atoms with Crippen molar-refractivity contribution in [3.8, 4) is 0 Å². The van der Waals surface area contributed by atoms with Crippen LogP contribution in [0.1, 0.15) is 25.7 Å². The van der Waals surface area contributed by atoms with E-state index in [0.29, 0.717) is 41.1 Å². The van der Waals surface area contributed by atoms with Crippen LogP contribution in [0, 0.1) is 5.41 Å². The van der Waals surface area contributed by atoms with Crippen LogP contribution >= 0.6 is 23.4 Å². The minimum Gasteiger partial charge on any atom is -0.397 e. The van der Waals surface area contributed by atoms with Crippen LogP contribution in [0.25, 0.3) is 0 Å². The van der Waals surface area contributed by atoms with Gasteiger partial charge in [-0.25, -0.2) is 4.98 Å². The number of H-pyrrole nitrogens is 1. The Labute approximate surface area is 172 Å². The summed E-state index contributed by atoms with van der Waals surface area (Å²) >= 11 is 7.37. The van der Waals surface area contributed by atoms with E-state index in [4.69, 9.17) is 23.1 Å². The number of aliphatic hydroxyl groups is 1. The molecule has 7 nitrogen and oxygen atoms in total. The Bertz CT molecular complexity index is 929. The number of hydrogen-bond donors (Lipinski definition) is 4. The van der Waals surface area contributed by atoms with Gasteiger partial charge < -0.3 is 26.5 Å². The zero-order valence-electron chi connectivity index (χ0n) is 15.4. The largest absolute Gasteiger partial charge is 0.397 e. The van der Waals surface area contributed by atoms with Crippen molar-refractivity contribution in [1.82, 2.24) is 9.97 Å². The lowest BCUT2D eigenvalue weighted by molar-refractivity contribution is 0.141. The number of anilines is 2. The first-order chi connectivity index (χ1) is 13.4. The molecule has 6 N–H and O–H groups in total. The Morgan fingerprint density at radius 2 is 2.11 bits per heavy atom. The van der Waals surface area contributed by atoms with Crippen LogP contribution in [-0.4, -0.2) is 40.3 Å². The van der Waals surface area contributed by atoms with Gasteiger partial charge in [-0.05, 0) is 43.2 Å². The van der Waals surface area contributed by atoms with E-state index in [0.717, 1.165) is 24.2 Å². The number of para-hydroxylation sites is 1. The molecular formula is C19H24ClN5O2S. The number of aromatic amines is 1. The molecule has 1 saturated heterocycles. The van der Waals surface area contributed by atoms with E-state index >= 15 is 0 Å². The van der Waals surface area contributed by atoms with Crippen molar-refractivity contribution < 1.29 is 5.11 Å². The zero-order valence-corrected chi connectivity index (χ0v) is 17.0. The normalized spacial score (nSPS) is 24.0. The molecule has 150 valence electrons. The van der Waals surface area contributed by atoms with Crippen molar-refractivity contribution in [2.75, 3.05) is 23.7 Å². The minimum absolute atomic E-state index is 0.0113. The molecule has 1 aliphatic carbocycles. The number of aromatic nitrogens is 2. The third-order valence-corrected chi connectivity index (χ3v) is 7.32. The van der Waals surface area contributed by atoms with E-state index in [9.17, 15) is 9.90 Å². The second-order valence-corrected chi connectivity index (χ2v) is 9.19. The Hall–Kier alpha value is -1.74. The number of nitrogens with one attached hydrogen (secondary N) is 1. The molecule has 4 rings (SSSR count). The summed E-state index contributed by atoms with van der Waals surface area (Å²) in [6.45, 7) is 1.43. The number of halogens is 1. The van der Waals surface area contributed by atoms with Crippen LogP contribution < -0.4 is 21.9 Å². The lowest BCUT2D eigenvalue weighted by Gasteiger charge is -2.42. The van der Waals surface area contributed by atoms with Crippen LogP contribution in [0.4, 0.5) is 11.5 Å². The quantitative estimate of drug-likeness (QED) is 0.560. The maximum atomic E-state index is 12.6. The average Bonchev–Trinajstić information content (AvgIpc) is 2.93. The minimum atomic E-state index is -0.307. The van der Waals surface area contributed by atoms with Gasteiger partial charge in [0, 0.05) is 24.0 Å². The average molecular weight is 422 g/mol. The molecule has 1 spiro atoms. The molecule has 2 aromatic rings. The summed E-state index contributed by atoms with van der Waals surface area (Å²) in [6.07, 6.45) is 4.49. The number of nitrogen functional groups attached to an aromatic ring is 1. The highest BCUT2D eigenvalue weighted by Crippen LogP contribution is 2.45. The maximum absolute atomic E-state index is 12.6. The van der Waals surface area contributed by atoms with E-state index in [-0.39, 0.29) is 23.1 Å². The lowest BCUT2D eigenvalue weighted by atomic mass is 9.74. The molecule has 28 heavy (non-hydrogen) atoms. The fourth-order valence-corrected chi connectivity index (χ4v) is 5.45. The molecule has 2 atom stereocenters. The van der Waals surface area contributed by atoms with Crippen LogP contribution in [-0.2, 0) is 0 Å². The van der Waals surface area contributed by atoms with Gasteiger partial charge in [-0.2, -0.15) is 0 Å². The molecule has 0 amide bonds. The van der Waals surface area contributed by atoms with Crippen LogP contribution in [0.5, 0.6) is 0 Å². The fourth-order valence-electron chi connectivity index (χ4n) is 4.37. The second-order valence-electron chi connectivity index (χ2n) is 7.70. The van der Waals surface area contributed by atoms with Gasteiger partial charge in [-0.1, -0.05) is 29.4 Å². The van der Waals surface area contributed by atoms with E-state index in [1.807, 2.05) is 17.0 Å². The predicted molar refractivity (Wildman–Crippen MR) is 112 cm³/mol. The summed E-state index contributed by atoms with van der Waals surface area (Å²) in [5.41, 5.74) is 12.5. The van der Waals surface area contributed by atoms with E-state index in [1.165, 1.54) is 11.8 Å². The third-order valence-electron chi connectivity index (χ3n) is 5.99. The maximum Gasteiger partial charge on any atom is 0.291 e. The molecule has 0 bridgehead atoms. The van der Waals surface area contributed by atoms with Gasteiger partial charge in [0.2, 0.25) is 0 Å². The molecule has 1 aromatic carbocycles. The number of nitrogens with two attached hydrogens (primary N) is 2. The van der Waals surface area contributed by atoms with Crippen molar-refractivity contribution in [2.45, 2.75) is 47.8 Å². The highest BCUT2D eigenvalue weighted by Gasteiger charge is 2.46. The summed E-state index contributed by atoms with van der Waals surface area (Å²) in [5, 5.41) is 11.0. The van der Waals surface area contributed by atoms with Crippen LogP contribution in [0.15, 0.2) is 39.1 Å². The first kappa shape index (κ1) is 19.6. The molecule has 2 heterocycles. The molecule has 9 heteroatoms. The van der Waals surface area contributed by atoms with Gasteiger partial charge >= 0.3 is 0 Å². The van der Waals surface area contributed by atoms with Gasteiger partial charge in [0.1, 0.15) is 0 Å². The molecule has 0 radical (unpaired) electrons. The molecule has 2 aliphatic rings.